The summed E-state index contributed by atoms with van der Waals surface area (Å²) in [4.78, 5) is 0. The number of H-pyrrole nitrogens is 1. The van der Waals surface area contributed by atoms with E-state index in [4.69, 9.17) is 10.00 Å². The molecule has 3 rings (SSSR count). The molecule has 0 bridgehead atoms. The van der Waals surface area contributed by atoms with E-state index in [1.807, 2.05) is 36.4 Å². The van der Waals surface area contributed by atoms with E-state index >= 15 is 0 Å². The predicted molar refractivity (Wildman–Crippen MR) is 74.1 cm³/mol. The van der Waals surface area contributed by atoms with Crippen molar-refractivity contribution in [1.82, 2.24) is 25.6 Å². The maximum Gasteiger partial charge on any atom is 0.233 e. The molecule has 2 heterocycles. The van der Waals surface area contributed by atoms with Crippen LogP contribution in [-0.2, 0) is 0 Å². The van der Waals surface area contributed by atoms with Crippen molar-refractivity contribution in [2.75, 3.05) is 7.11 Å². The van der Waals surface area contributed by atoms with Crippen molar-refractivity contribution in [3.05, 3.63) is 42.1 Å². The van der Waals surface area contributed by atoms with Gasteiger partial charge in [-0.3, -0.25) is 0 Å². The molecule has 3 aromatic rings. The van der Waals surface area contributed by atoms with Gasteiger partial charge in [-0.2, -0.15) is 5.26 Å². The summed E-state index contributed by atoms with van der Waals surface area (Å²) in [6, 6.07) is 13.1. The fraction of sp³-hybridized carbons (Fsp3) is 0.0714. The first-order valence-electron chi connectivity index (χ1n) is 6.11. The lowest BCUT2D eigenvalue weighted by Crippen LogP contribution is -1.92. The molecule has 102 valence electrons. The third-order valence-corrected chi connectivity index (χ3v) is 2.94. The number of benzene rings is 1. The standard InChI is InChI=1S/C14H10N6O/c1-21-13-6-5-11(16-18-13)9-3-2-4-10(7-9)14-12(8-15)17-20-19-14/h2-7H,1H3,(H,17,19,20). The summed E-state index contributed by atoms with van der Waals surface area (Å²) in [5, 5.41) is 27.2. The maximum absolute atomic E-state index is 9.02. The number of nitrogens with one attached hydrogen (secondary N) is 1. The second-order valence-electron chi connectivity index (χ2n) is 4.19. The lowest BCUT2D eigenvalue weighted by Gasteiger charge is -2.03. The molecule has 0 amide bonds. The molecule has 0 aliphatic carbocycles. The molecule has 0 atom stereocenters. The maximum atomic E-state index is 9.02. The topological polar surface area (TPSA) is 100 Å². The van der Waals surface area contributed by atoms with Crippen LogP contribution >= 0.6 is 0 Å². The van der Waals surface area contributed by atoms with Gasteiger partial charge < -0.3 is 4.74 Å². The van der Waals surface area contributed by atoms with Gasteiger partial charge in [-0.05, 0) is 12.1 Å². The van der Waals surface area contributed by atoms with Gasteiger partial charge in [-0.15, -0.1) is 15.3 Å². The number of methoxy groups -OCH3 is 1. The molecule has 0 aliphatic rings. The molecule has 1 N–H and O–H groups in total. The SMILES string of the molecule is COc1ccc(-c2cccc(-c3nn[nH]c3C#N)c2)nn1. The van der Waals surface area contributed by atoms with Gasteiger partial charge in [0.15, 0.2) is 5.69 Å². The Hall–Kier alpha value is -3.27. The number of hydrogen-bond donors (Lipinski definition) is 1. The third-order valence-electron chi connectivity index (χ3n) is 2.94. The Morgan fingerprint density at radius 1 is 1.10 bits per heavy atom. The van der Waals surface area contributed by atoms with Gasteiger partial charge in [0.1, 0.15) is 11.8 Å². The summed E-state index contributed by atoms with van der Waals surface area (Å²) < 4.78 is 4.99. The van der Waals surface area contributed by atoms with Gasteiger partial charge in [0.05, 0.1) is 12.8 Å². The van der Waals surface area contributed by atoms with Crippen molar-refractivity contribution in [3.63, 3.8) is 0 Å². The normalized spacial score (nSPS) is 10.1. The minimum absolute atomic E-state index is 0.327. The van der Waals surface area contributed by atoms with Gasteiger partial charge in [-0.1, -0.05) is 23.4 Å². The lowest BCUT2D eigenvalue weighted by atomic mass is 10.0. The van der Waals surface area contributed by atoms with Crippen molar-refractivity contribution >= 4 is 0 Å². The van der Waals surface area contributed by atoms with Crippen LogP contribution in [-0.4, -0.2) is 32.7 Å². The van der Waals surface area contributed by atoms with E-state index in [9.17, 15) is 0 Å². The lowest BCUT2D eigenvalue weighted by molar-refractivity contribution is 0.392. The zero-order valence-electron chi connectivity index (χ0n) is 11.1. The highest BCUT2D eigenvalue weighted by Crippen LogP contribution is 2.25. The first-order valence-corrected chi connectivity index (χ1v) is 6.11. The summed E-state index contributed by atoms with van der Waals surface area (Å²) in [6.07, 6.45) is 0. The van der Waals surface area contributed by atoms with Crippen LogP contribution in [0.25, 0.3) is 22.5 Å². The molecule has 0 radical (unpaired) electrons. The molecule has 0 unspecified atom stereocenters. The van der Waals surface area contributed by atoms with E-state index in [1.54, 1.807) is 6.07 Å². The van der Waals surface area contributed by atoms with Gasteiger partial charge in [0.2, 0.25) is 5.88 Å². The van der Waals surface area contributed by atoms with Crippen molar-refractivity contribution < 1.29 is 4.74 Å². The van der Waals surface area contributed by atoms with Crippen LogP contribution in [0.15, 0.2) is 36.4 Å². The van der Waals surface area contributed by atoms with Crippen LogP contribution in [0.2, 0.25) is 0 Å². The van der Waals surface area contributed by atoms with E-state index in [0.29, 0.717) is 23.0 Å². The summed E-state index contributed by atoms with van der Waals surface area (Å²) in [6.45, 7) is 0. The first-order chi connectivity index (χ1) is 10.3. The average molecular weight is 278 g/mol. The summed E-state index contributed by atoms with van der Waals surface area (Å²) in [7, 11) is 1.54. The molecular weight excluding hydrogens is 268 g/mol. The second-order valence-corrected chi connectivity index (χ2v) is 4.19. The number of nitriles is 1. The number of aromatic amines is 1. The van der Waals surface area contributed by atoms with Crippen LogP contribution in [0.4, 0.5) is 0 Å². The smallest absolute Gasteiger partial charge is 0.233 e. The van der Waals surface area contributed by atoms with Gasteiger partial charge in [0.25, 0.3) is 0 Å². The van der Waals surface area contributed by atoms with E-state index in [0.717, 1.165) is 11.1 Å². The highest BCUT2D eigenvalue weighted by atomic mass is 16.5. The molecule has 7 heteroatoms. The number of nitrogens with zero attached hydrogens (tertiary/aromatic N) is 5. The molecule has 21 heavy (non-hydrogen) atoms. The Labute approximate surface area is 120 Å². The van der Waals surface area contributed by atoms with E-state index in [2.05, 4.69) is 25.6 Å². The first kappa shape index (κ1) is 12.7. The molecule has 0 saturated heterocycles. The zero-order chi connectivity index (χ0) is 14.7. The van der Waals surface area contributed by atoms with Crippen LogP contribution in [0.5, 0.6) is 5.88 Å². The molecular formula is C14H10N6O. The molecule has 2 aromatic heterocycles. The summed E-state index contributed by atoms with van der Waals surface area (Å²) in [5.41, 5.74) is 3.21. The molecule has 0 fully saturated rings. The zero-order valence-corrected chi connectivity index (χ0v) is 11.1. The largest absolute Gasteiger partial charge is 0.480 e. The molecule has 0 aliphatic heterocycles. The van der Waals surface area contributed by atoms with Crippen LogP contribution < -0.4 is 4.74 Å². The van der Waals surface area contributed by atoms with Gasteiger partial charge in [0, 0.05) is 17.2 Å². The van der Waals surface area contributed by atoms with Crippen molar-refractivity contribution in [2.24, 2.45) is 0 Å². The van der Waals surface area contributed by atoms with E-state index < -0.39 is 0 Å². The van der Waals surface area contributed by atoms with Crippen molar-refractivity contribution in [1.29, 1.82) is 5.26 Å². The Morgan fingerprint density at radius 2 is 1.95 bits per heavy atom. The average Bonchev–Trinajstić information content (AvgIpc) is 3.04. The van der Waals surface area contributed by atoms with E-state index in [-0.39, 0.29) is 0 Å². The van der Waals surface area contributed by atoms with Gasteiger partial charge >= 0.3 is 0 Å². The predicted octanol–water partition coefficient (Wildman–Crippen LogP) is 1.81. The fourth-order valence-corrected chi connectivity index (χ4v) is 1.92. The Morgan fingerprint density at radius 3 is 2.67 bits per heavy atom. The molecule has 0 spiro atoms. The Bertz CT molecular complexity index is 803. The number of aromatic nitrogens is 5. The van der Waals surface area contributed by atoms with Crippen LogP contribution in [0.3, 0.4) is 0 Å². The van der Waals surface area contributed by atoms with Crippen LogP contribution in [0.1, 0.15) is 5.69 Å². The number of ether oxygens (including phenoxy) is 1. The van der Waals surface area contributed by atoms with Crippen molar-refractivity contribution in [3.8, 4) is 34.5 Å². The third kappa shape index (κ3) is 2.42. The second kappa shape index (κ2) is 5.38. The highest BCUT2D eigenvalue weighted by molar-refractivity contribution is 5.71. The Kier molecular flexibility index (Phi) is 3.27. The van der Waals surface area contributed by atoms with E-state index in [1.165, 1.54) is 7.11 Å². The minimum Gasteiger partial charge on any atom is -0.480 e. The highest BCUT2D eigenvalue weighted by Gasteiger charge is 2.10. The number of hydrogen-bond acceptors (Lipinski definition) is 6. The minimum atomic E-state index is 0.327. The summed E-state index contributed by atoms with van der Waals surface area (Å²) in [5.74, 6) is 0.457. The molecule has 1 aromatic carbocycles. The van der Waals surface area contributed by atoms with Crippen LogP contribution in [0, 0.1) is 11.3 Å². The van der Waals surface area contributed by atoms with Gasteiger partial charge in [-0.25, -0.2) is 5.10 Å². The molecule has 7 nitrogen and oxygen atoms in total. The molecule has 0 saturated carbocycles. The Balaban J connectivity index is 2.02. The monoisotopic (exact) mass is 278 g/mol. The number of rotatable bonds is 3. The summed E-state index contributed by atoms with van der Waals surface area (Å²) >= 11 is 0. The quantitative estimate of drug-likeness (QED) is 0.784. The fourth-order valence-electron chi connectivity index (χ4n) is 1.92. The van der Waals surface area contributed by atoms with Crippen molar-refractivity contribution in [2.45, 2.75) is 0 Å².